The Morgan fingerprint density at radius 2 is 1.87 bits per heavy atom. The van der Waals surface area contributed by atoms with Crippen LogP contribution in [-0.2, 0) is 16.4 Å². The number of rotatable bonds is 3. The average molecular weight is 235 g/mol. The molecule has 1 rings (SSSR count). The predicted molar refractivity (Wildman–Crippen MR) is 54.2 cm³/mol. The second kappa shape index (κ2) is 4.14. The van der Waals surface area contributed by atoms with Gasteiger partial charge in [-0.05, 0) is 18.1 Å². The van der Waals surface area contributed by atoms with Gasteiger partial charge in [0.25, 0.3) is 0 Å². The van der Waals surface area contributed by atoms with Gasteiger partial charge < -0.3 is 0 Å². The Balaban J connectivity index is 3.19. The lowest BCUT2D eigenvalue weighted by Crippen LogP contribution is -2.11. The minimum atomic E-state index is -3.55. The second-order valence-electron chi connectivity index (χ2n) is 3.15. The maximum absolute atomic E-state index is 13.1. The molecule has 6 heteroatoms. The lowest BCUT2D eigenvalue weighted by Gasteiger charge is -2.07. The van der Waals surface area contributed by atoms with Gasteiger partial charge in [0.2, 0.25) is 10.0 Å². The number of sulfonamides is 1. The summed E-state index contributed by atoms with van der Waals surface area (Å²) < 4.78 is 49.9. The summed E-state index contributed by atoms with van der Waals surface area (Å²) in [5.41, 5.74) is 0.0401. The molecule has 0 saturated carbocycles. The molecular weight excluding hydrogens is 224 g/mol. The first-order valence-corrected chi connectivity index (χ1v) is 6.18. The molecule has 0 fully saturated rings. The molecule has 0 aliphatic heterocycles. The molecule has 0 heterocycles. The summed E-state index contributed by atoms with van der Waals surface area (Å²) in [5, 5.41) is 0. The monoisotopic (exact) mass is 235 g/mol. The van der Waals surface area contributed by atoms with Crippen LogP contribution in [0, 0.1) is 11.6 Å². The molecule has 0 radical (unpaired) electrons. The molecule has 0 atom stereocenters. The summed E-state index contributed by atoms with van der Waals surface area (Å²) in [7, 11) is -3.55. The van der Waals surface area contributed by atoms with E-state index in [0.29, 0.717) is 12.5 Å². The van der Waals surface area contributed by atoms with Gasteiger partial charge in [-0.25, -0.2) is 17.2 Å². The Labute approximate surface area is 87.2 Å². The zero-order valence-corrected chi connectivity index (χ0v) is 9.16. The van der Waals surface area contributed by atoms with Gasteiger partial charge in [0.1, 0.15) is 11.6 Å². The highest BCUT2D eigenvalue weighted by Gasteiger charge is 2.11. The Morgan fingerprint density at radius 1 is 1.27 bits per heavy atom. The standard InChI is InChI=1S/C9H11F2NO2S/c1-3-6-4-9(12-15(2,13)14)8(11)5-7(6)10/h4-5,12H,3H2,1-2H3. The summed E-state index contributed by atoms with van der Waals surface area (Å²) in [6, 6.07) is 1.83. The molecule has 0 aliphatic carbocycles. The van der Waals surface area contributed by atoms with Crippen LogP contribution in [0.5, 0.6) is 0 Å². The minimum absolute atomic E-state index is 0.226. The lowest BCUT2D eigenvalue weighted by atomic mass is 10.1. The predicted octanol–water partition coefficient (Wildman–Crippen LogP) is 1.90. The third kappa shape index (κ3) is 3.16. The van der Waals surface area contributed by atoms with Crippen molar-refractivity contribution in [1.82, 2.24) is 0 Å². The molecule has 0 amide bonds. The highest BCUT2D eigenvalue weighted by atomic mass is 32.2. The second-order valence-corrected chi connectivity index (χ2v) is 4.90. The fraction of sp³-hybridized carbons (Fsp3) is 0.333. The van der Waals surface area contributed by atoms with Crippen LogP contribution in [0.1, 0.15) is 12.5 Å². The Hall–Kier alpha value is -1.17. The average Bonchev–Trinajstić information content (AvgIpc) is 2.07. The summed E-state index contributed by atoms with van der Waals surface area (Å²) in [4.78, 5) is 0. The van der Waals surface area contributed by atoms with Crippen molar-refractivity contribution in [2.24, 2.45) is 0 Å². The number of aryl methyl sites for hydroxylation is 1. The molecule has 0 aliphatic rings. The molecular formula is C9H11F2NO2S. The van der Waals surface area contributed by atoms with Gasteiger partial charge in [-0.15, -0.1) is 0 Å². The van der Waals surface area contributed by atoms with Crippen LogP contribution >= 0.6 is 0 Å². The zero-order valence-electron chi connectivity index (χ0n) is 8.34. The van der Waals surface area contributed by atoms with Gasteiger partial charge in [0, 0.05) is 6.07 Å². The number of hydrogen-bond acceptors (Lipinski definition) is 2. The largest absolute Gasteiger partial charge is 0.281 e. The van der Waals surface area contributed by atoms with Crippen LogP contribution in [0.25, 0.3) is 0 Å². The van der Waals surface area contributed by atoms with Crippen molar-refractivity contribution in [2.45, 2.75) is 13.3 Å². The molecule has 0 bridgehead atoms. The first-order valence-electron chi connectivity index (χ1n) is 4.29. The maximum Gasteiger partial charge on any atom is 0.229 e. The summed E-state index contributed by atoms with van der Waals surface area (Å²) in [6.45, 7) is 1.69. The van der Waals surface area contributed by atoms with E-state index in [1.165, 1.54) is 0 Å². The highest BCUT2D eigenvalue weighted by molar-refractivity contribution is 7.92. The molecule has 1 N–H and O–H groups in total. The normalized spacial score (nSPS) is 11.5. The van der Waals surface area contributed by atoms with E-state index in [0.717, 1.165) is 12.3 Å². The van der Waals surface area contributed by atoms with Crippen molar-refractivity contribution in [1.29, 1.82) is 0 Å². The van der Waals surface area contributed by atoms with E-state index in [1.54, 1.807) is 6.92 Å². The van der Waals surface area contributed by atoms with Gasteiger partial charge >= 0.3 is 0 Å². The number of benzene rings is 1. The van der Waals surface area contributed by atoms with Crippen molar-refractivity contribution in [3.05, 3.63) is 29.3 Å². The van der Waals surface area contributed by atoms with Crippen LogP contribution in [0.2, 0.25) is 0 Å². The molecule has 0 unspecified atom stereocenters. The molecule has 1 aromatic rings. The van der Waals surface area contributed by atoms with Gasteiger partial charge in [-0.1, -0.05) is 6.92 Å². The molecule has 1 aromatic carbocycles. The Morgan fingerprint density at radius 3 is 2.33 bits per heavy atom. The molecule has 3 nitrogen and oxygen atoms in total. The SMILES string of the molecule is CCc1cc(NS(C)(=O)=O)c(F)cc1F. The van der Waals surface area contributed by atoms with Crippen molar-refractivity contribution < 1.29 is 17.2 Å². The quantitative estimate of drug-likeness (QED) is 0.869. The smallest absolute Gasteiger partial charge is 0.229 e. The number of hydrogen-bond donors (Lipinski definition) is 1. The van der Waals surface area contributed by atoms with E-state index in [-0.39, 0.29) is 11.3 Å². The van der Waals surface area contributed by atoms with Crippen LogP contribution in [0.4, 0.5) is 14.5 Å². The summed E-state index contributed by atoms with van der Waals surface area (Å²) in [6.07, 6.45) is 1.27. The first kappa shape index (κ1) is 11.9. The van der Waals surface area contributed by atoms with Crippen molar-refractivity contribution in [3.8, 4) is 0 Å². The molecule has 0 saturated heterocycles. The Kier molecular flexibility index (Phi) is 3.28. The summed E-state index contributed by atoms with van der Waals surface area (Å²) in [5.74, 6) is -1.59. The lowest BCUT2D eigenvalue weighted by molar-refractivity contribution is 0.574. The molecule has 0 spiro atoms. The van der Waals surface area contributed by atoms with Crippen molar-refractivity contribution in [2.75, 3.05) is 11.0 Å². The minimum Gasteiger partial charge on any atom is -0.281 e. The summed E-state index contributed by atoms with van der Waals surface area (Å²) >= 11 is 0. The van der Waals surface area contributed by atoms with E-state index < -0.39 is 21.7 Å². The van der Waals surface area contributed by atoms with Crippen LogP contribution in [0.3, 0.4) is 0 Å². The van der Waals surface area contributed by atoms with E-state index in [2.05, 4.69) is 0 Å². The zero-order chi connectivity index (χ0) is 11.6. The van der Waals surface area contributed by atoms with Crippen LogP contribution in [0.15, 0.2) is 12.1 Å². The van der Waals surface area contributed by atoms with Crippen LogP contribution in [-0.4, -0.2) is 14.7 Å². The van der Waals surface area contributed by atoms with Crippen molar-refractivity contribution in [3.63, 3.8) is 0 Å². The number of halogens is 2. The van der Waals surface area contributed by atoms with Gasteiger partial charge in [0.05, 0.1) is 11.9 Å². The fourth-order valence-electron chi connectivity index (χ4n) is 1.14. The molecule has 84 valence electrons. The Bertz CT molecular complexity index is 471. The van der Waals surface area contributed by atoms with E-state index >= 15 is 0 Å². The van der Waals surface area contributed by atoms with Gasteiger partial charge in [-0.3, -0.25) is 4.72 Å². The van der Waals surface area contributed by atoms with Gasteiger partial charge in [0.15, 0.2) is 0 Å². The molecule has 15 heavy (non-hydrogen) atoms. The topological polar surface area (TPSA) is 46.2 Å². The van der Waals surface area contributed by atoms with E-state index in [1.807, 2.05) is 4.72 Å². The third-order valence-electron chi connectivity index (χ3n) is 1.81. The van der Waals surface area contributed by atoms with E-state index in [4.69, 9.17) is 0 Å². The van der Waals surface area contributed by atoms with Crippen molar-refractivity contribution >= 4 is 15.7 Å². The highest BCUT2D eigenvalue weighted by Crippen LogP contribution is 2.20. The van der Waals surface area contributed by atoms with Gasteiger partial charge in [-0.2, -0.15) is 0 Å². The maximum atomic E-state index is 13.1. The number of anilines is 1. The van der Waals surface area contributed by atoms with E-state index in [9.17, 15) is 17.2 Å². The third-order valence-corrected chi connectivity index (χ3v) is 2.40. The first-order chi connectivity index (χ1) is 6.83. The fourth-order valence-corrected chi connectivity index (χ4v) is 1.70. The number of nitrogens with one attached hydrogen (secondary N) is 1. The van der Waals surface area contributed by atoms with Crippen LogP contribution < -0.4 is 4.72 Å². The molecule has 0 aromatic heterocycles.